The van der Waals surface area contributed by atoms with Crippen LogP contribution in [-0.4, -0.2) is 28.9 Å². The molecule has 4 rings (SSSR count). The Morgan fingerprint density at radius 1 is 1.04 bits per heavy atom. The average Bonchev–Trinajstić information content (AvgIpc) is 2.67. The van der Waals surface area contributed by atoms with Crippen LogP contribution in [0.1, 0.15) is 35.7 Å². The SMILES string of the molecule is Cc1cccc(-c2cc(C(=O)N3CCC(C)CC3)c3ccccc3n2)c1. The van der Waals surface area contributed by atoms with Gasteiger partial charge in [-0.3, -0.25) is 4.79 Å². The Morgan fingerprint density at radius 3 is 2.58 bits per heavy atom. The number of aromatic nitrogens is 1. The fraction of sp³-hybridized carbons (Fsp3) is 0.304. The molecule has 0 N–H and O–H groups in total. The highest BCUT2D eigenvalue weighted by Gasteiger charge is 2.23. The molecule has 2 aromatic carbocycles. The first kappa shape index (κ1) is 16.8. The van der Waals surface area contributed by atoms with Gasteiger partial charge >= 0.3 is 0 Å². The third-order valence-corrected chi connectivity index (χ3v) is 5.33. The number of aryl methyl sites for hydroxylation is 1. The smallest absolute Gasteiger partial charge is 0.254 e. The summed E-state index contributed by atoms with van der Waals surface area (Å²) in [4.78, 5) is 20.1. The minimum atomic E-state index is 0.129. The maximum Gasteiger partial charge on any atom is 0.254 e. The van der Waals surface area contributed by atoms with Gasteiger partial charge in [-0.1, -0.05) is 48.9 Å². The molecule has 1 aliphatic heterocycles. The lowest BCUT2D eigenvalue weighted by Crippen LogP contribution is -2.38. The van der Waals surface area contributed by atoms with E-state index in [0.29, 0.717) is 5.92 Å². The maximum atomic E-state index is 13.3. The fourth-order valence-corrected chi connectivity index (χ4v) is 3.69. The van der Waals surface area contributed by atoms with Crippen LogP contribution in [0, 0.1) is 12.8 Å². The van der Waals surface area contributed by atoms with Crippen LogP contribution in [-0.2, 0) is 0 Å². The first-order chi connectivity index (χ1) is 12.6. The lowest BCUT2D eigenvalue weighted by molar-refractivity contribution is 0.0699. The van der Waals surface area contributed by atoms with Gasteiger partial charge in [0.15, 0.2) is 0 Å². The van der Waals surface area contributed by atoms with E-state index in [-0.39, 0.29) is 5.91 Å². The molecule has 3 heteroatoms. The number of para-hydroxylation sites is 1. The summed E-state index contributed by atoms with van der Waals surface area (Å²) in [6.45, 7) is 6.03. The molecule has 0 atom stereocenters. The summed E-state index contributed by atoms with van der Waals surface area (Å²) in [6, 6.07) is 18.2. The molecule has 3 nitrogen and oxygen atoms in total. The van der Waals surface area contributed by atoms with Gasteiger partial charge in [0.05, 0.1) is 16.8 Å². The number of piperidine rings is 1. The molecular formula is C23H24N2O. The summed E-state index contributed by atoms with van der Waals surface area (Å²) in [7, 11) is 0. The number of nitrogens with zero attached hydrogens (tertiary/aromatic N) is 2. The molecule has 1 aromatic heterocycles. The number of fused-ring (bicyclic) bond motifs is 1. The van der Waals surface area contributed by atoms with Gasteiger partial charge < -0.3 is 4.90 Å². The molecule has 1 saturated heterocycles. The monoisotopic (exact) mass is 344 g/mol. The second kappa shape index (κ2) is 6.91. The molecule has 26 heavy (non-hydrogen) atoms. The number of likely N-dealkylation sites (tertiary alicyclic amines) is 1. The number of benzene rings is 2. The Kier molecular flexibility index (Phi) is 4.46. The quantitative estimate of drug-likeness (QED) is 0.649. The number of carbonyl (C=O) groups is 1. The van der Waals surface area contributed by atoms with E-state index >= 15 is 0 Å². The molecule has 0 radical (unpaired) electrons. The Hall–Kier alpha value is -2.68. The largest absolute Gasteiger partial charge is 0.339 e. The van der Waals surface area contributed by atoms with Crippen molar-refractivity contribution in [3.05, 3.63) is 65.7 Å². The number of hydrogen-bond donors (Lipinski definition) is 0. The van der Waals surface area contributed by atoms with E-state index in [0.717, 1.165) is 53.7 Å². The van der Waals surface area contributed by atoms with Gasteiger partial charge in [-0.15, -0.1) is 0 Å². The van der Waals surface area contributed by atoms with Crippen LogP contribution < -0.4 is 0 Å². The summed E-state index contributed by atoms with van der Waals surface area (Å²) in [5.74, 6) is 0.834. The number of carbonyl (C=O) groups excluding carboxylic acids is 1. The number of hydrogen-bond acceptors (Lipinski definition) is 2. The third kappa shape index (κ3) is 3.22. The van der Waals surface area contributed by atoms with Gasteiger partial charge in [-0.2, -0.15) is 0 Å². The van der Waals surface area contributed by atoms with E-state index < -0.39 is 0 Å². The Morgan fingerprint density at radius 2 is 1.81 bits per heavy atom. The van der Waals surface area contributed by atoms with Gasteiger partial charge in [0.1, 0.15) is 0 Å². The van der Waals surface area contributed by atoms with Crippen molar-refractivity contribution in [1.82, 2.24) is 9.88 Å². The highest BCUT2D eigenvalue weighted by Crippen LogP contribution is 2.27. The minimum absolute atomic E-state index is 0.129. The van der Waals surface area contributed by atoms with Crippen LogP contribution in [0.2, 0.25) is 0 Å². The van der Waals surface area contributed by atoms with E-state index in [4.69, 9.17) is 4.98 Å². The van der Waals surface area contributed by atoms with Crippen molar-refractivity contribution in [1.29, 1.82) is 0 Å². The van der Waals surface area contributed by atoms with Crippen LogP contribution >= 0.6 is 0 Å². The predicted molar refractivity (Wildman–Crippen MR) is 106 cm³/mol. The molecule has 1 amide bonds. The molecule has 3 aromatic rings. The molecular weight excluding hydrogens is 320 g/mol. The van der Waals surface area contributed by atoms with E-state index in [9.17, 15) is 4.79 Å². The molecule has 0 bridgehead atoms. The van der Waals surface area contributed by atoms with Crippen molar-refractivity contribution >= 4 is 16.8 Å². The van der Waals surface area contributed by atoms with Crippen molar-refractivity contribution in [2.45, 2.75) is 26.7 Å². The molecule has 0 spiro atoms. The zero-order chi connectivity index (χ0) is 18.1. The summed E-state index contributed by atoms with van der Waals surface area (Å²) in [6.07, 6.45) is 2.17. The van der Waals surface area contributed by atoms with Gasteiger partial charge in [0, 0.05) is 24.0 Å². The minimum Gasteiger partial charge on any atom is -0.339 e. The van der Waals surface area contributed by atoms with E-state index in [1.807, 2.05) is 41.3 Å². The summed E-state index contributed by atoms with van der Waals surface area (Å²) < 4.78 is 0. The Labute approximate surface area is 154 Å². The van der Waals surface area contributed by atoms with Crippen LogP contribution in [0.15, 0.2) is 54.6 Å². The van der Waals surface area contributed by atoms with Gasteiger partial charge in [0.25, 0.3) is 5.91 Å². The first-order valence-electron chi connectivity index (χ1n) is 9.38. The lowest BCUT2D eigenvalue weighted by atomic mass is 9.97. The van der Waals surface area contributed by atoms with Crippen molar-refractivity contribution in [2.75, 3.05) is 13.1 Å². The first-order valence-corrected chi connectivity index (χ1v) is 9.38. The summed E-state index contributed by atoms with van der Waals surface area (Å²) in [5, 5.41) is 0.938. The normalized spacial score (nSPS) is 15.4. The Bertz CT molecular complexity index is 955. The van der Waals surface area contributed by atoms with Crippen molar-refractivity contribution in [2.24, 2.45) is 5.92 Å². The standard InChI is InChI=1S/C23H24N2O/c1-16-10-12-25(13-11-16)23(26)20-15-22(18-7-5-6-17(2)14-18)24-21-9-4-3-8-19(20)21/h3-9,14-16H,10-13H2,1-2H3. The highest BCUT2D eigenvalue weighted by atomic mass is 16.2. The number of pyridine rings is 1. The average molecular weight is 344 g/mol. The molecule has 0 saturated carbocycles. The zero-order valence-corrected chi connectivity index (χ0v) is 15.4. The van der Waals surface area contributed by atoms with Crippen LogP contribution in [0.5, 0.6) is 0 Å². The molecule has 132 valence electrons. The van der Waals surface area contributed by atoms with E-state index in [1.165, 1.54) is 5.56 Å². The van der Waals surface area contributed by atoms with Gasteiger partial charge in [-0.25, -0.2) is 4.98 Å². The third-order valence-electron chi connectivity index (χ3n) is 5.33. The summed E-state index contributed by atoms with van der Waals surface area (Å²) >= 11 is 0. The van der Waals surface area contributed by atoms with Crippen molar-refractivity contribution in [3.63, 3.8) is 0 Å². The topological polar surface area (TPSA) is 33.2 Å². The van der Waals surface area contributed by atoms with Gasteiger partial charge in [-0.05, 0) is 43.9 Å². The second-order valence-electron chi connectivity index (χ2n) is 7.42. The second-order valence-corrected chi connectivity index (χ2v) is 7.42. The molecule has 2 heterocycles. The molecule has 0 unspecified atom stereocenters. The molecule has 0 aliphatic carbocycles. The molecule has 1 fully saturated rings. The van der Waals surface area contributed by atoms with Crippen LogP contribution in [0.3, 0.4) is 0 Å². The summed E-state index contributed by atoms with van der Waals surface area (Å²) in [5.41, 5.74) is 4.75. The van der Waals surface area contributed by atoms with Gasteiger partial charge in [0.2, 0.25) is 0 Å². The van der Waals surface area contributed by atoms with Crippen molar-refractivity contribution < 1.29 is 4.79 Å². The Balaban J connectivity index is 1.81. The van der Waals surface area contributed by atoms with E-state index in [2.05, 4.69) is 32.0 Å². The zero-order valence-electron chi connectivity index (χ0n) is 15.4. The predicted octanol–water partition coefficient (Wildman–Crippen LogP) is 5.08. The van der Waals surface area contributed by atoms with E-state index in [1.54, 1.807) is 0 Å². The number of rotatable bonds is 2. The highest BCUT2D eigenvalue weighted by molar-refractivity contribution is 6.07. The fourth-order valence-electron chi connectivity index (χ4n) is 3.69. The van der Waals surface area contributed by atoms with Crippen molar-refractivity contribution in [3.8, 4) is 11.3 Å². The molecule has 1 aliphatic rings. The number of amides is 1. The lowest BCUT2D eigenvalue weighted by Gasteiger charge is -2.30. The van der Waals surface area contributed by atoms with Crippen LogP contribution in [0.4, 0.5) is 0 Å². The van der Waals surface area contributed by atoms with Crippen LogP contribution in [0.25, 0.3) is 22.2 Å². The maximum absolute atomic E-state index is 13.3.